The van der Waals surface area contributed by atoms with E-state index in [0.29, 0.717) is 0 Å². The molecule has 6 heteroatoms. The molecule has 0 aliphatic carbocycles. The van der Waals surface area contributed by atoms with Crippen molar-refractivity contribution >= 4 is 16.0 Å². The topological polar surface area (TPSA) is 76.4 Å². The van der Waals surface area contributed by atoms with Gasteiger partial charge in [-0.3, -0.25) is 13.9 Å². The molecule has 0 saturated heterocycles. The summed E-state index contributed by atoms with van der Waals surface area (Å²) in [6.45, 7) is 1.29. The van der Waals surface area contributed by atoms with Crippen molar-refractivity contribution in [3.63, 3.8) is 0 Å². The number of nitrogens with zero attached hydrogens (tertiary/aromatic N) is 1. The van der Waals surface area contributed by atoms with Crippen LogP contribution in [0.4, 0.5) is 0 Å². The fourth-order valence-corrected chi connectivity index (χ4v) is 1.20. The second-order valence-corrected chi connectivity index (χ2v) is 3.67. The highest BCUT2D eigenvalue weighted by atomic mass is 32.2. The van der Waals surface area contributed by atoms with E-state index in [9.17, 15) is 13.2 Å². The largest absolute Gasteiger partial charge is 0.296 e. The van der Waals surface area contributed by atoms with Crippen LogP contribution >= 0.6 is 0 Å². The Labute approximate surface area is 69.4 Å². The first kappa shape index (κ1) is 8.95. The van der Waals surface area contributed by atoms with E-state index in [2.05, 4.69) is 0 Å². The highest BCUT2D eigenvalue weighted by Gasteiger charge is 2.11. The van der Waals surface area contributed by atoms with Crippen LogP contribution in [0.15, 0.2) is 23.4 Å². The zero-order chi connectivity index (χ0) is 9.35. The normalized spacial score (nSPS) is 11.5. The fraction of sp³-hybridized carbons (Fsp3) is 0.167. The lowest BCUT2D eigenvalue weighted by molar-refractivity contribution is 0.0936. The molecule has 0 unspecified atom stereocenters. The van der Waals surface area contributed by atoms with Crippen molar-refractivity contribution in [3.8, 4) is 0 Å². The molecule has 66 valence electrons. The molecule has 0 aliphatic heterocycles. The monoisotopic (exact) mass is 189 g/mol. The third kappa shape index (κ3) is 1.72. The van der Waals surface area contributed by atoms with Gasteiger partial charge in [-0.2, -0.15) is 8.42 Å². The minimum atomic E-state index is -4.19. The Morgan fingerprint density at radius 3 is 2.42 bits per heavy atom. The molecular weight excluding hydrogens is 182 g/mol. The molecule has 12 heavy (non-hydrogen) atoms. The molecule has 0 aromatic carbocycles. The number of aromatic nitrogens is 1. The summed E-state index contributed by atoms with van der Waals surface area (Å²) in [5.41, 5.74) is 0. The summed E-state index contributed by atoms with van der Waals surface area (Å²) in [6.07, 6.45) is 2.32. The van der Waals surface area contributed by atoms with E-state index in [4.69, 9.17) is 4.55 Å². The predicted molar refractivity (Wildman–Crippen MR) is 40.5 cm³/mol. The van der Waals surface area contributed by atoms with Gasteiger partial charge in [0, 0.05) is 19.3 Å². The van der Waals surface area contributed by atoms with Gasteiger partial charge < -0.3 is 0 Å². The van der Waals surface area contributed by atoms with Crippen molar-refractivity contribution in [2.45, 2.75) is 11.8 Å². The Kier molecular flexibility index (Phi) is 2.03. The van der Waals surface area contributed by atoms with Crippen molar-refractivity contribution in [2.75, 3.05) is 0 Å². The minimum absolute atomic E-state index is 0.280. The van der Waals surface area contributed by atoms with Gasteiger partial charge in [0.1, 0.15) is 4.90 Å². The van der Waals surface area contributed by atoms with Crippen LogP contribution in [0.2, 0.25) is 0 Å². The second kappa shape index (κ2) is 2.72. The average molecular weight is 189 g/mol. The van der Waals surface area contributed by atoms with E-state index in [-0.39, 0.29) is 10.8 Å². The quantitative estimate of drug-likeness (QED) is 0.648. The average Bonchev–Trinajstić information content (AvgIpc) is 2.30. The minimum Gasteiger partial charge on any atom is -0.293 e. The SMILES string of the molecule is CC(=O)n1ccc(S(=O)(=O)O)c1. The summed E-state index contributed by atoms with van der Waals surface area (Å²) >= 11 is 0. The first-order valence-electron chi connectivity index (χ1n) is 3.07. The summed E-state index contributed by atoms with van der Waals surface area (Å²) in [6, 6.07) is 1.15. The van der Waals surface area contributed by atoms with Crippen LogP contribution in [0, 0.1) is 0 Å². The third-order valence-electron chi connectivity index (χ3n) is 1.33. The lowest BCUT2D eigenvalue weighted by atomic mass is 10.7. The molecule has 0 aliphatic rings. The maximum atomic E-state index is 10.7. The van der Waals surface area contributed by atoms with E-state index >= 15 is 0 Å². The van der Waals surface area contributed by atoms with Crippen molar-refractivity contribution in [1.29, 1.82) is 0 Å². The third-order valence-corrected chi connectivity index (χ3v) is 2.16. The Morgan fingerprint density at radius 2 is 2.17 bits per heavy atom. The van der Waals surface area contributed by atoms with E-state index < -0.39 is 10.1 Å². The van der Waals surface area contributed by atoms with Crippen LogP contribution in [0.3, 0.4) is 0 Å². The van der Waals surface area contributed by atoms with Crippen LogP contribution in [0.25, 0.3) is 0 Å². The van der Waals surface area contributed by atoms with E-state index in [1.165, 1.54) is 13.1 Å². The smallest absolute Gasteiger partial charge is 0.293 e. The molecule has 1 heterocycles. The first-order valence-corrected chi connectivity index (χ1v) is 4.51. The van der Waals surface area contributed by atoms with Crippen molar-refractivity contribution in [1.82, 2.24) is 4.57 Å². The Balaban J connectivity index is 3.17. The summed E-state index contributed by atoms with van der Waals surface area (Å²) in [5, 5.41) is 0. The van der Waals surface area contributed by atoms with Crippen LogP contribution in [-0.2, 0) is 10.1 Å². The van der Waals surface area contributed by atoms with Crippen LogP contribution in [-0.4, -0.2) is 23.4 Å². The van der Waals surface area contributed by atoms with E-state index in [0.717, 1.165) is 16.8 Å². The molecule has 0 bridgehead atoms. The van der Waals surface area contributed by atoms with Gasteiger partial charge >= 0.3 is 0 Å². The van der Waals surface area contributed by atoms with Gasteiger partial charge in [-0.25, -0.2) is 0 Å². The summed E-state index contributed by atoms with van der Waals surface area (Å²) in [7, 11) is -4.19. The molecule has 1 aromatic heterocycles. The Morgan fingerprint density at radius 1 is 1.58 bits per heavy atom. The molecule has 5 nitrogen and oxygen atoms in total. The van der Waals surface area contributed by atoms with Crippen LogP contribution in [0.1, 0.15) is 11.7 Å². The molecule has 1 aromatic rings. The van der Waals surface area contributed by atoms with Crippen molar-refractivity contribution < 1.29 is 17.8 Å². The lowest BCUT2D eigenvalue weighted by Gasteiger charge is -1.91. The Hall–Kier alpha value is -1.14. The molecule has 1 N–H and O–H groups in total. The predicted octanol–water partition coefficient (Wildman–Crippen LogP) is 0.395. The molecule has 0 fully saturated rings. The highest BCUT2D eigenvalue weighted by molar-refractivity contribution is 7.85. The number of carbonyl (C=O) groups is 1. The van der Waals surface area contributed by atoms with Crippen molar-refractivity contribution in [2.24, 2.45) is 0 Å². The molecule has 0 amide bonds. The molecule has 0 saturated carbocycles. The molecule has 0 spiro atoms. The molecular formula is C6H7NO4S. The van der Waals surface area contributed by atoms with Gasteiger partial charge in [0.05, 0.1) is 0 Å². The zero-order valence-electron chi connectivity index (χ0n) is 6.26. The standard InChI is InChI=1S/C6H7NO4S/c1-5(8)7-3-2-6(4-7)12(9,10)11/h2-4H,1H3,(H,9,10,11). The van der Waals surface area contributed by atoms with Gasteiger partial charge in [-0.15, -0.1) is 0 Å². The van der Waals surface area contributed by atoms with E-state index in [1.807, 2.05) is 0 Å². The van der Waals surface area contributed by atoms with Gasteiger partial charge in [0.15, 0.2) is 0 Å². The van der Waals surface area contributed by atoms with Gasteiger partial charge in [0.25, 0.3) is 10.1 Å². The molecule has 0 atom stereocenters. The summed E-state index contributed by atoms with van der Waals surface area (Å²) < 4.78 is 30.6. The van der Waals surface area contributed by atoms with Gasteiger partial charge in [0.2, 0.25) is 5.91 Å². The maximum absolute atomic E-state index is 10.7. The number of carbonyl (C=O) groups excluding carboxylic acids is 1. The number of rotatable bonds is 1. The Bertz CT molecular complexity index is 403. The molecule has 0 radical (unpaired) electrons. The van der Waals surface area contributed by atoms with Crippen molar-refractivity contribution in [3.05, 3.63) is 18.5 Å². The highest BCUT2D eigenvalue weighted by Crippen LogP contribution is 2.07. The van der Waals surface area contributed by atoms with Gasteiger partial charge in [-0.05, 0) is 6.07 Å². The van der Waals surface area contributed by atoms with Gasteiger partial charge in [-0.1, -0.05) is 0 Å². The van der Waals surface area contributed by atoms with Crippen LogP contribution < -0.4 is 0 Å². The van der Waals surface area contributed by atoms with Crippen LogP contribution in [0.5, 0.6) is 0 Å². The second-order valence-electron chi connectivity index (χ2n) is 2.25. The summed E-state index contributed by atoms with van der Waals surface area (Å²) in [5.74, 6) is -0.315. The van der Waals surface area contributed by atoms with E-state index in [1.54, 1.807) is 0 Å². The summed E-state index contributed by atoms with van der Waals surface area (Å²) in [4.78, 5) is 10.4. The number of hydrogen-bond donors (Lipinski definition) is 1. The fourth-order valence-electron chi connectivity index (χ4n) is 0.725. The first-order chi connectivity index (χ1) is 5.41. The lowest BCUT2D eigenvalue weighted by Crippen LogP contribution is -2.02. The maximum Gasteiger partial charge on any atom is 0.296 e. The number of hydrogen-bond acceptors (Lipinski definition) is 3. The zero-order valence-corrected chi connectivity index (χ0v) is 7.08. The molecule has 1 rings (SSSR count).